The number of hydrogen-bond donors (Lipinski definition) is 2. The topological polar surface area (TPSA) is 89.8 Å². The highest BCUT2D eigenvalue weighted by atomic mass is 16.5. The van der Waals surface area contributed by atoms with Crippen molar-refractivity contribution in [1.29, 1.82) is 0 Å². The van der Waals surface area contributed by atoms with Crippen LogP contribution in [0, 0.1) is 6.92 Å². The number of carbonyl (C=O) groups excluding carboxylic acids is 2. The summed E-state index contributed by atoms with van der Waals surface area (Å²) in [5.74, 6) is 0.502. The van der Waals surface area contributed by atoms with Gasteiger partial charge in [0, 0.05) is 16.5 Å². The van der Waals surface area contributed by atoms with Crippen LogP contribution in [0.4, 0.5) is 0 Å². The van der Waals surface area contributed by atoms with Gasteiger partial charge in [0.2, 0.25) is 5.91 Å². The van der Waals surface area contributed by atoms with Gasteiger partial charge < -0.3 is 13.9 Å². The van der Waals surface area contributed by atoms with Gasteiger partial charge in [-0.3, -0.25) is 20.4 Å². The molecule has 7 heteroatoms. The summed E-state index contributed by atoms with van der Waals surface area (Å²) in [6.45, 7) is 6.31. The van der Waals surface area contributed by atoms with Crippen LogP contribution in [-0.4, -0.2) is 26.0 Å². The van der Waals surface area contributed by atoms with Crippen molar-refractivity contribution in [3.05, 3.63) is 58.8 Å². The standard InChI is InChI=1S/C23H26N2O5/c1-13(2)17-11-18-16(12-30-20(18)8-14(17)3)10-22(26)24-25-23(27)15-6-7-19(28-4)21(9-15)29-5/h6-9,11-13H,10H2,1-5H3,(H,24,26)(H,25,27). The molecule has 2 N–H and O–H groups in total. The maximum Gasteiger partial charge on any atom is 0.269 e. The molecule has 3 rings (SSSR count). The summed E-state index contributed by atoms with van der Waals surface area (Å²) in [6.07, 6.45) is 1.67. The fourth-order valence-electron chi connectivity index (χ4n) is 3.40. The second-order valence-corrected chi connectivity index (χ2v) is 7.37. The van der Waals surface area contributed by atoms with Crippen LogP contribution in [0.1, 0.15) is 46.8 Å². The molecule has 2 aromatic carbocycles. The van der Waals surface area contributed by atoms with Crippen LogP contribution >= 0.6 is 0 Å². The van der Waals surface area contributed by atoms with E-state index in [1.807, 2.05) is 13.0 Å². The summed E-state index contributed by atoms with van der Waals surface area (Å²) in [7, 11) is 3.01. The van der Waals surface area contributed by atoms with E-state index >= 15 is 0 Å². The summed E-state index contributed by atoms with van der Waals surface area (Å²) in [4.78, 5) is 24.7. The van der Waals surface area contributed by atoms with Crippen molar-refractivity contribution in [2.45, 2.75) is 33.1 Å². The Morgan fingerprint density at radius 1 is 1.03 bits per heavy atom. The highest BCUT2D eigenvalue weighted by molar-refractivity contribution is 5.96. The van der Waals surface area contributed by atoms with Crippen molar-refractivity contribution in [3.8, 4) is 11.5 Å². The van der Waals surface area contributed by atoms with Crippen LogP contribution in [0.3, 0.4) is 0 Å². The van der Waals surface area contributed by atoms with Gasteiger partial charge in [0.25, 0.3) is 5.91 Å². The number of hydrazine groups is 1. The molecule has 30 heavy (non-hydrogen) atoms. The average Bonchev–Trinajstić information content (AvgIpc) is 3.11. The Kier molecular flexibility index (Phi) is 6.30. The molecule has 0 fully saturated rings. The first-order valence-electron chi connectivity index (χ1n) is 9.65. The summed E-state index contributed by atoms with van der Waals surface area (Å²) in [6, 6.07) is 8.82. The Morgan fingerprint density at radius 2 is 1.77 bits per heavy atom. The monoisotopic (exact) mass is 410 g/mol. The molecule has 0 spiro atoms. The average molecular weight is 410 g/mol. The molecule has 0 aliphatic carbocycles. The van der Waals surface area contributed by atoms with Crippen LogP contribution < -0.4 is 20.3 Å². The third-order valence-electron chi connectivity index (χ3n) is 4.98. The Labute approximate surface area is 175 Å². The summed E-state index contributed by atoms with van der Waals surface area (Å²) >= 11 is 0. The van der Waals surface area contributed by atoms with Crippen molar-refractivity contribution in [2.75, 3.05) is 14.2 Å². The molecule has 1 heterocycles. The molecule has 0 unspecified atom stereocenters. The number of aryl methyl sites for hydroxylation is 1. The first-order chi connectivity index (χ1) is 14.3. The molecule has 7 nitrogen and oxygen atoms in total. The quantitative estimate of drug-likeness (QED) is 0.602. The zero-order valence-electron chi connectivity index (χ0n) is 17.8. The lowest BCUT2D eigenvalue weighted by molar-refractivity contribution is -0.121. The van der Waals surface area contributed by atoms with Gasteiger partial charge in [-0.1, -0.05) is 13.8 Å². The SMILES string of the molecule is COc1ccc(C(=O)NNC(=O)Cc2coc3cc(C)c(C(C)C)cc23)cc1OC. The van der Waals surface area contributed by atoms with Gasteiger partial charge in [-0.2, -0.15) is 0 Å². The number of rotatable bonds is 6. The maximum atomic E-state index is 12.4. The normalized spacial score (nSPS) is 10.9. The molecule has 0 saturated carbocycles. The van der Waals surface area contributed by atoms with Gasteiger partial charge in [-0.15, -0.1) is 0 Å². The van der Waals surface area contributed by atoms with Gasteiger partial charge in [0.1, 0.15) is 5.58 Å². The Bertz CT molecular complexity index is 1080. The van der Waals surface area contributed by atoms with Crippen molar-refractivity contribution in [1.82, 2.24) is 10.9 Å². The third-order valence-corrected chi connectivity index (χ3v) is 4.98. The van der Waals surface area contributed by atoms with E-state index in [4.69, 9.17) is 13.9 Å². The lowest BCUT2D eigenvalue weighted by atomic mass is 9.95. The van der Waals surface area contributed by atoms with E-state index < -0.39 is 5.91 Å². The van der Waals surface area contributed by atoms with E-state index in [0.29, 0.717) is 23.0 Å². The molecule has 158 valence electrons. The molecule has 0 atom stereocenters. The molecule has 1 aromatic heterocycles. The van der Waals surface area contributed by atoms with Crippen LogP contribution in [0.5, 0.6) is 11.5 Å². The van der Waals surface area contributed by atoms with Crippen LogP contribution in [0.2, 0.25) is 0 Å². The van der Waals surface area contributed by atoms with E-state index in [9.17, 15) is 9.59 Å². The smallest absolute Gasteiger partial charge is 0.269 e. The number of nitrogens with one attached hydrogen (secondary N) is 2. The molecular formula is C23H26N2O5. The van der Waals surface area contributed by atoms with E-state index in [0.717, 1.165) is 22.1 Å². The summed E-state index contributed by atoms with van der Waals surface area (Å²) in [5.41, 5.74) is 9.09. The fourth-order valence-corrected chi connectivity index (χ4v) is 3.40. The number of benzene rings is 2. The Balaban J connectivity index is 1.67. The van der Waals surface area contributed by atoms with Gasteiger partial charge in [0.15, 0.2) is 11.5 Å². The molecule has 0 aliphatic heterocycles. The molecule has 0 aliphatic rings. The number of fused-ring (bicyclic) bond motifs is 1. The van der Waals surface area contributed by atoms with Crippen molar-refractivity contribution in [3.63, 3.8) is 0 Å². The highest BCUT2D eigenvalue weighted by Gasteiger charge is 2.15. The minimum atomic E-state index is -0.459. The lowest BCUT2D eigenvalue weighted by Crippen LogP contribution is -2.42. The number of amides is 2. The second-order valence-electron chi connectivity index (χ2n) is 7.37. The molecule has 0 saturated heterocycles. The van der Waals surface area contributed by atoms with Crippen LogP contribution in [0.15, 0.2) is 41.0 Å². The Morgan fingerprint density at radius 3 is 2.43 bits per heavy atom. The van der Waals surface area contributed by atoms with Gasteiger partial charge in [-0.05, 0) is 54.3 Å². The van der Waals surface area contributed by atoms with Crippen molar-refractivity contribution in [2.24, 2.45) is 0 Å². The van der Waals surface area contributed by atoms with Gasteiger partial charge >= 0.3 is 0 Å². The molecule has 0 bridgehead atoms. The maximum absolute atomic E-state index is 12.4. The van der Waals surface area contributed by atoms with E-state index in [-0.39, 0.29) is 12.3 Å². The van der Waals surface area contributed by atoms with Gasteiger partial charge in [-0.25, -0.2) is 0 Å². The van der Waals surface area contributed by atoms with Crippen molar-refractivity contribution >= 4 is 22.8 Å². The summed E-state index contributed by atoms with van der Waals surface area (Å²) < 4.78 is 16.0. The predicted octanol–water partition coefficient (Wildman–Crippen LogP) is 3.89. The minimum absolute atomic E-state index is 0.0831. The largest absolute Gasteiger partial charge is 0.493 e. The zero-order valence-corrected chi connectivity index (χ0v) is 17.8. The number of ether oxygens (including phenoxy) is 2. The fraction of sp³-hybridized carbons (Fsp3) is 0.304. The van der Waals surface area contributed by atoms with E-state index in [2.05, 4.69) is 30.8 Å². The molecular weight excluding hydrogens is 384 g/mol. The second kappa shape index (κ2) is 8.90. The minimum Gasteiger partial charge on any atom is -0.493 e. The number of carbonyl (C=O) groups is 2. The number of methoxy groups -OCH3 is 2. The molecule has 3 aromatic rings. The molecule has 0 radical (unpaired) electrons. The predicted molar refractivity (Wildman–Crippen MR) is 114 cm³/mol. The Hall–Kier alpha value is -3.48. The van der Waals surface area contributed by atoms with Gasteiger partial charge in [0.05, 0.1) is 26.9 Å². The number of hydrogen-bond acceptors (Lipinski definition) is 5. The van der Waals surface area contributed by atoms with E-state index in [1.54, 1.807) is 24.5 Å². The number of furan rings is 1. The van der Waals surface area contributed by atoms with E-state index in [1.165, 1.54) is 19.8 Å². The van der Waals surface area contributed by atoms with Crippen molar-refractivity contribution < 1.29 is 23.5 Å². The van der Waals surface area contributed by atoms with Crippen LogP contribution in [0.25, 0.3) is 11.0 Å². The zero-order chi connectivity index (χ0) is 21.8. The van der Waals surface area contributed by atoms with Crippen LogP contribution in [-0.2, 0) is 11.2 Å². The third kappa shape index (κ3) is 4.40. The highest BCUT2D eigenvalue weighted by Crippen LogP contribution is 2.29. The summed E-state index contributed by atoms with van der Waals surface area (Å²) in [5, 5.41) is 0.908. The first kappa shape index (κ1) is 21.2. The first-order valence-corrected chi connectivity index (χ1v) is 9.65. The lowest BCUT2D eigenvalue weighted by Gasteiger charge is -2.11. The molecule has 2 amide bonds.